The highest BCUT2D eigenvalue weighted by Gasteiger charge is 2.11. The van der Waals surface area contributed by atoms with Gasteiger partial charge in [0.25, 0.3) is 0 Å². The number of hydrogen-bond donors (Lipinski definition) is 1. The number of hydrogen-bond acceptors (Lipinski definition) is 1. The van der Waals surface area contributed by atoms with Crippen LogP contribution in [-0.4, -0.2) is 7.05 Å². The predicted octanol–water partition coefficient (Wildman–Crippen LogP) is 4.88. The molecule has 0 heterocycles. The van der Waals surface area contributed by atoms with E-state index >= 15 is 0 Å². The summed E-state index contributed by atoms with van der Waals surface area (Å²) in [7, 11) is 2.00. The molecule has 0 aliphatic rings. The third kappa shape index (κ3) is 3.46. The quantitative estimate of drug-likeness (QED) is 0.847. The van der Waals surface area contributed by atoms with Crippen LogP contribution in [0, 0.1) is 0 Å². The fourth-order valence-corrected chi connectivity index (χ4v) is 2.52. The lowest BCUT2D eigenvalue weighted by molar-refractivity contribution is 0.690. The minimum atomic E-state index is 0.245. The first-order valence-electron chi connectivity index (χ1n) is 6.64. The van der Waals surface area contributed by atoms with E-state index in [-0.39, 0.29) is 6.04 Å². The molecule has 0 spiro atoms. The molecule has 2 rings (SSSR count). The molecule has 0 saturated heterocycles. The van der Waals surface area contributed by atoms with Crippen molar-refractivity contribution in [1.82, 2.24) is 5.32 Å². The smallest absolute Gasteiger partial charge is 0.0574 e. The van der Waals surface area contributed by atoms with Crippen molar-refractivity contribution in [3.05, 3.63) is 69.7 Å². The molecule has 0 fully saturated rings. The molecular weight excluding hydrogens is 298 g/mol. The number of rotatable bonds is 4. The maximum Gasteiger partial charge on any atom is 0.0574 e. The second-order valence-corrected chi connectivity index (χ2v) is 6.01. The standard InChI is InChI=1S/C17H20BrN/c1-12(2)13-4-6-14(7-5-13)17(19-3)15-8-10-16(18)11-9-15/h4-12,17,19H,1-3H3. The summed E-state index contributed by atoms with van der Waals surface area (Å²) in [5.74, 6) is 0.578. The van der Waals surface area contributed by atoms with Gasteiger partial charge in [-0.25, -0.2) is 0 Å². The Morgan fingerprint density at radius 3 is 1.63 bits per heavy atom. The lowest BCUT2D eigenvalue weighted by Gasteiger charge is -2.18. The van der Waals surface area contributed by atoms with Crippen molar-refractivity contribution in [2.75, 3.05) is 7.05 Å². The van der Waals surface area contributed by atoms with Gasteiger partial charge in [0.1, 0.15) is 0 Å². The van der Waals surface area contributed by atoms with Gasteiger partial charge >= 0.3 is 0 Å². The molecule has 2 heteroatoms. The molecule has 1 nitrogen and oxygen atoms in total. The summed E-state index contributed by atoms with van der Waals surface area (Å²) in [5, 5.41) is 3.39. The van der Waals surface area contributed by atoms with Crippen LogP contribution in [0.25, 0.3) is 0 Å². The Bertz CT molecular complexity index is 514. The molecule has 0 radical (unpaired) electrons. The zero-order chi connectivity index (χ0) is 13.8. The van der Waals surface area contributed by atoms with Crippen LogP contribution in [-0.2, 0) is 0 Å². The molecule has 0 saturated carbocycles. The van der Waals surface area contributed by atoms with Crippen LogP contribution in [0.4, 0.5) is 0 Å². The molecule has 0 bridgehead atoms. The fraction of sp³-hybridized carbons (Fsp3) is 0.294. The van der Waals surface area contributed by atoms with Crippen LogP contribution in [0.3, 0.4) is 0 Å². The Hall–Kier alpha value is -1.12. The molecule has 0 aromatic heterocycles. The van der Waals surface area contributed by atoms with E-state index in [4.69, 9.17) is 0 Å². The molecule has 2 aromatic rings. The van der Waals surface area contributed by atoms with Crippen molar-refractivity contribution < 1.29 is 0 Å². The van der Waals surface area contributed by atoms with E-state index < -0.39 is 0 Å². The van der Waals surface area contributed by atoms with Crippen molar-refractivity contribution >= 4 is 15.9 Å². The van der Waals surface area contributed by atoms with Gasteiger partial charge in [-0.3, -0.25) is 0 Å². The van der Waals surface area contributed by atoms with Crippen LogP contribution >= 0.6 is 15.9 Å². The van der Waals surface area contributed by atoms with Crippen molar-refractivity contribution in [3.8, 4) is 0 Å². The second-order valence-electron chi connectivity index (χ2n) is 5.09. The van der Waals surface area contributed by atoms with Crippen molar-refractivity contribution in [2.45, 2.75) is 25.8 Å². The molecule has 100 valence electrons. The van der Waals surface area contributed by atoms with E-state index in [1.165, 1.54) is 16.7 Å². The number of nitrogens with one attached hydrogen (secondary N) is 1. The molecule has 1 N–H and O–H groups in total. The lowest BCUT2D eigenvalue weighted by atomic mass is 9.95. The van der Waals surface area contributed by atoms with Gasteiger partial charge in [-0.1, -0.05) is 66.2 Å². The largest absolute Gasteiger partial charge is 0.309 e. The first kappa shape index (κ1) is 14.3. The predicted molar refractivity (Wildman–Crippen MR) is 85.6 cm³/mol. The van der Waals surface area contributed by atoms with Gasteiger partial charge in [0, 0.05) is 4.47 Å². The van der Waals surface area contributed by atoms with Gasteiger partial charge in [-0.15, -0.1) is 0 Å². The van der Waals surface area contributed by atoms with Gasteiger partial charge in [-0.2, -0.15) is 0 Å². The molecule has 1 atom stereocenters. The summed E-state index contributed by atoms with van der Waals surface area (Å²) < 4.78 is 1.11. The molecular formula is C17H20BrN. The summed E-state index contributed by atoms with van der Waals surface area (Å²) in [6.45, 7) is 4.44. The van der Waals surface area contributed by atoms with Crippen molar-refractivity contribution in [1.29, 1.82) is 0 Å². The third-order valence-electron chi connectivity index (χ3n) is 3.43. The molecule has 19 heavy (non-hydrogen) atoms. The van der Waals surface area contributed by atoms with E-state index in [1.807, 2.05) is 7.05 Å². The highest BCUT2D eigenvalue weighted by Crippen LogP contribution is 2.25. The van der Waals surface area contributed by atoms with Gasteiger partial charge in [0.05, 0.1) is 6.04 Å². The third-order valence-corrected chi connectivity index (χ3v) is 3.96. The van der Waals surface area contributed by atoms with Crippen LogP contribution in [0.15, 0.2) is 53.0 Å². The summed E-state index contributed by atoms with van der Waals surface area (Å²) in [5.41, 5.74) is 3.96. The number of halogens is 1. The average molecular weight is 318 g/mol. The maximum atomic E-state index is 3.48. The minimum absolute atomic E-state index is 0.245. The topological polar surface area (TPSA) is 12.0 Å². The monoisotopic (exact) mass is 317 g/mol. The fourth-order valence-electron chi connectivity index (χ4n) is 2.25. The minimum Gasteiger partial charge on any atom is -0.309 e. The van der Waals surface area contributed by atoms with E-state index in [9.17, 15) is 0 Å². The molecule has 1 unspecified atom stereocenters. The van der Waals surface area contributed by atoms with Crippen LogP contribution < -0.4 is 5.32 Å². The van der Waals surface area contributed by atoms with Gasteiger partial charge in [0.15, 0.2) is 0 Å². The Balaban J connectivity index is 2.28. The zero-order valence-corrected chi connectivity index (χ0v) is 13.2. The summed E-state index contributed by atoms with van der Waals surface area (Å²) >= 11 is 3.48. The van der Waals surface area contributed by atoms with E-state index in [0.717, 1.165) is 4.47 Å². The first-order chi connectivity index (χ1) is 9.11. The maximum absolute atomic E-state index is 3.48. The Kier molecular flexibility index (Phi) is 4.78. The highest BCUT2D eigenvalue weighted by molar-refractivity contribution is 9.10. The van der Waals surface area contributed by atoms with Gasteiger partial charge in [-0.05, 0) is 41.8 Å². The summed E-state index contributed by atoms with van der Waals surface area (Å²) in [6, 6.07) is 17.6. The van der Waals surface area contributed by atoms with Crippen molar-refractivity contribution in [3.63, 3.8) is 0 Å². The van der Waals surface area contributed by atoms with Gasteiger partial charge < -0.3 is 5.32 Å². The lowest BCUT2D eigenvalue weighted by Crippen LogP contribution is -2.17. The Morgan fingerprint density at radius 2 is 1.21 bits per heavy atom. The SMILES string of the molecule is CNC(c1ccc(Br)cc1)c1ccc(C(C)C)cc1. The normalized spacial score (nSPS) is 12.7. The van der Waals surface area contributed by atoms with E-state index in [0.29, 0.717) is 5.92 Å². The van der Waals surface area contributed by atoms with E-state index in [1.54, 1.807) is 0 Å². The second kappa shape index (κ2) is 6.36. The highest BCUT2D eigenvalue weighted by atomic mass is 79.9. The molecule has 0 amide bonds. The number of benzene rings is 2. The average Bonchev–Trinajstić information content (AvgIpc) is 2.42. The first-order valence-corrected chi connectivity index (χ1v) is 7.43. The Labute approximate surface area is 124 Å². The van der Waals surface area contributed by atoms with Crippen LogP contribution in [0.1, 0.15) is 42.5 Å². The van der Waals surface area contributed by atoms with Gasteiger partial charge in [0.2, 0.25) is 0 Å². The zero-order valence-electron chi connectivity index (χ0n) is 11.7. The van der Waals surface area contributed by atoms with E-state index in [2.05, 4.69) is 83.6 Å². The van der Waals surface area contributed by atoms with Crippen molar-refractivity contribution in [2.24, 2.45) is 0 Å². The summed E-state index contributed by atoms with van der Waals surface area (Å²) in [4.78, 5) is 0. The van der Waals surface area contributed by atoms with Crippen LogP contribution in [0.2, 0.25) is 0 Å². The Morgan fingerprint density at radius 1 is 0.789 bits per heavy atom. The molecule has 2 aromatic carbocycles. The molecule has 0 aliphatic heterocycles. The summed E-state index contributed by atoms with van der Waals surface area (Å²) in [6.07, 6.45) is 0. The molecule has 0 aliphatic carbocycles. The van der Waals surface area contributed by atoms with Crippen LogP contribution in [0.5, 0.6) is 0 Å².